The monoisotopic (exact) mass is 399 g/mol. The average molecular weight is 400 g/mol. The van der Waals surface area contributed by atoms with Crippen LogP contribution in [0.1, 0.15) is 40.6 Å². The molecule has 0 aliphatic rings. The zero-order valence-corrected chi connectivity index (χ0v) is 17.0. The summed E-state index contributed by atoms with van der Waals surface area (Å²) in [5.41, 5.74) is 2.86. The lowest BCUT2D eigenvalue weighted by Crippen LogP contribution is -2.10. The number of amides is 1. The number of anilines is 1. The minimum atomic E-state index is -3.62. The van der Waals surface area contributed by atoms with Crippen molar-refractivity contribution in [3.63, 3.8) is 0 Å². The van der Waals surface area contributed by atoms with Crippen LogP contribution < -0.4 is 5.32 Å². The van der Waals surface area contributed by atoms with Crippen LogP contribution in [-0.2, 0) is 9.84 Å². The SMILES string of the molecule is Cc1ccc(S(=O)(=O)c2ccc(C(=O)Nc3ccc(C(C)C)cc3)s2)cc1. The summed E-state index contributed by atoms with van der Waals surface area (Å²) < 4.78 is 25.6. The molecule has 140 valence electrons. The van der Waals surface area contributed by atoms with Crippen molar-refractivity contribution in [2.75, 3.05) is 5.32 Å². The second-order valence-corrected chi connectivity index (χ2v) is 9.93. The molecular formula is C21H21NO3S2. The average Bonchev–Trinajstić information content (AvgIpc) is 3.14. The first-order chi connectivity index (χ1) is 12.8. The van der Waals surface area contributed by atoms with Crippen LogP contribution in [0.25, 0.3) is 0 Å². The minimum Gasteiger partial charge on any atom is -0.321 e. The molecule has 0 fully saturated rings. The highest BCUT2D eigenvalue weighted by molar-refractivity contribution is 7.93. The second kappa shape index (κ2) is 7.66. The number of benzene rings is 2. The second-order valence-electron chi connectivity index (χ2n) is 6.67. The fourth-order valence-corrected chi connectivity index (χ4v) is 5.17. The lowest BCUT2D eigenvalue weighted by molar-refractivity contribution is 0.103. The highest BCUT2D eigenvalue weighted by Crippen LogP contribution is 2.28. The molecule has 3 rings (SSSR count). The predicted molar refractivity (Wildman–Crippen MR) is 109 cm³/mol. The van der Waals surface area contributed by atoms with Crippen LogP contribution in [0.3, 0.4) is 0 Å². The highest BCUT2D eigenvalue weighted by atomic mass is 32.2. The summed E-state index contributed by atoms with van der Waals surface area (Å²) in [6, 6.07) is 17.4. The Labute approximate surface area is 163 Å². The molecule has 0 radical (unpaired) electrons. The Morgan fingerprint density at radius 3 is 2.15 bits per heavy atom. The van der Waals surface area contributed by atoms with Crippen molar-refractivity contribution in [2.45, 2.75) is 35.8 Å². The third kappa shape index (κ3) is 4.28. The Bertz CT molecular complexity index is 1050. The molecule has 0 bridgehead atoms. The first-order valence-electron chi connectivity index (χ1n) is 8.60. The normalized spacial score (nSPS) is 11.6. The molecule has 0 saturated heterocycles. The summed E-state index contributed by atoms with van der Waals surface area (Å²) in [6.07, 6.45) is 0. The molecule has 4 nitrogen and oxygen atoms in total. The maximum absolute atomic E-state index is 12.7. The van der Waals surface area contributed by atoms with E-state index in [1.807, 2.05) is 31.2 Å². The molecule has 0 spiro atoms. The Kier molecular flexibility index (Phi) is 5.48. The molecule has 6 heteroatoms. The van der Waals surface area contributed by atoms with Gasteiger partial charge in [-0.05, 0) is 54.8 Å². The van der Waals surface area contributed by atoms with Gasteiger partial charge in [-0.25, -0.2) is 8.42 Å². The number of carbonyl (C=O) groups excluding carboxylic acids is 1. The molecule has 0 saturated carbocycles. The lowest BCUT2D eigenvalue weighted by atomic mass is 10.0. The van der Waals surface area contributed by atoms with Gasteiger partial charge in [-0.15, -0.1) is 11.3 Å². The van der Waals surface area contributed by atoms with E-state index in [0.717, 1.165) is 16.9 Å². The van der Waals surface area contributed by atoms with Gasteiger partial charge in [-0.2, -0.15) is 0 Å². The molecule has 0 aliphatic heterocycles. The molecule has 2 aromatic carbocycles. The number of sulfone groups is 1. The number of thiophene rings is 1. The van der Waals surface area contributed by atoms with E-state index in [2.05, 4.69) is 19.2 Å². The number of rotatable bonds is 5. The fourth-order valence-electron chi connectivity index (χ4n) is 2.56. The molecule has 1 amide bonds. The number of aryl methyl sites for hydroxylation is 1. The molecule has 1 heterocycles. The largest absolute Gasteiger partial charge is 0.321 e. The molecule has 3 aromatic rings. The van der Waals surface area contributed by atoms with Gasteiger partial charge in [-0.1, -0.05) is 43.7 Å². The van der Waals surface area contributed by atoms with Crippen LogP contribution in [0.15, 0.2) is 69.8 Å². The van der Waals surface area contributed by atoms with Crippen molar-refractivity contribution in [1.29, 1.82) is 0 Å². The van der Waals surface area contributed by atoms with Crippen LogP contribution in [0, 0.1) is 6.92 Å². The zero-order chi connectivity index (χ0) is 19.6. The summed E-state index contributed by atoms with van der Waals surface area (Å²) >= 11 is 0.974. The van der Waals surface area contributed by atoms with Crippen molar-refractivity contribution < 1.29 is 13.2 Å². The first kappa shape index (κ1) is 19.3. The van der Waals surface area contributed by atoms with Gasteiger partial charge in [0.1, 0.15) is 4.21 Å². The van der Waals surface area contributed by atoms with Gasteiger partial charge >= 0.3 is 0 Å². The molecule has 0 aliphatic carbocycles. The van der Waals surface area contributed by atoms with Gasteiger partial charge in [0.2, 0.25) is 9.84 Å². The standard InChI is InChI=1S/C21H21NO3S2/c1-14(2)16-6-8-17(9-7-16)22-21(23)19-12-13-20(26-19)27(24,25)18-10-4-15(3)5-11-18/h4-14H,1-3H3,(H,22,23). The van der Waals surface area contributed by atoms with Crippen molar-refractivity contribution in [3.05, 3.63) is 76.7 Å². The van der Waals surface area contributed by atoms with Gasteiger partial charge in [0, 0.05) is 5.69 Å². The minimum absolute atomic E-state index is 0.159. The van der Waals surface area contributed by atoms with E-state index < -0.39 is 9.84 Å². The smallest absolute Gasteiger partial charge is 0.265 e. The maximum Gasteiger partial charge on any atom is 0.265 e. The third-order valence-electron chi connectivity index (χ3n) is 4.24. The molecule has 27 heavy (non-hydrogen) atoms. The molecule has 0 unspecified atom stereocenters. The van der Waals surface area contributed by atoms with Crippen LogP contribution in [-0.4, -0.2) is 14.3 Å². The maximum atomic E-state index is 12.7. The zero-order valence-electron chi connectivity index (χ0n) is 15.4. The quantitative estimate of drug-likeness (QED) is 0.636. The summed E-state index contributed by atoms with van der Waals surface area (Å²) in [4.78, 5) is 13.0. The van der Waals surface area contributed by atoms with Crippen molar-refractivity contribution in [2.24, 2.45) is 0 Å². The number of carbonyl (C=O) groups is 1. The summed E-state index contributed by atoms with van der Waals surface area (Å²) in [6.45, 7) is 6.11. The van der Waals surface area contributed by atoms with Gasteiger partial charge in [0.25, 0.3) is 5.91 Å². The van der Waals surface area contributed by atoms with Crippen LogP contribution in [0.4, 0.5) is 5.69 Å². The lowest BCUT2D eigenvalue weighted by Gasteiger charge is -2.07. The third-order valence-corrected chi connectivity index (χ3v) is 7.58. The van der Waals surface area contributed by atoms with Gasteiger partial charge in [0.15, 0.2) is 0 Å². The van der Waals surface area contributed by atoms with Crippen molar-refractivity contribution >= 4 is 32.8 Å². The van der Waals surface area contributed by atoms with E-state index in [1.54, 1.807) is 30.3 Å². The van der Waals surface area contributed by atoms with E-state index >= 15 is 0 Å². The van der Waals surface area contributed by atoms with E-state index in [1.165, 1.54) is 11.6 Å². The topological polar surface area (TPSA) is 63.2 Å². The molecule has 0 atom stereocenters. The van der Waals surface area contributed by atoms with Crippen LogP contribution in [0.2, 0.25) is 0 Å². The van der Waals surface area contributed by atoms with Crippen LogP contribution >= 0.6 is 11.3 Å². The van der Waals surface area contributed by atoms with E-state index in [-0.39, 0.29) is 15.0 Å². The molecule has 1 N–H and O–H groups in total. The Morgan fingerprint density at radius 1 is 0.926 bits per heavy atom. The summed E-state index contributed by atoms with van der Waals surface area (Å²) in [5.74, 6) is 0.101. The van der Waals surface area contributed by atoms with Gasteiger partial charge in [-0.3, -0.25) is 4.79 Å². The Balaban J connectivity index is 1.78. The number of nitrogens with one attached hydrogen (secondary N) is 1. The molecule has 1 aromatic heterocycles. The first-order valence-corrected chi connectivity index (χ1v) is 10.9. The molecular weight excluding hydrogens is 378 g/mol. The number of hydrogen-bond donors (Lipinski definition) is 1. The summed E-state index contributed by atoms with van der Waals surface area (Å²) in [7, 11) is -3.62. The van der Waals surface area contributed by atoms with Crippen molar-refractivity contribution in [1.82, 2.24) is 0 Å². The fraction of sp³-hybridized carbons (Fsp3) is 0.190. The number of hydrogen-bond acceptors (Lipinski definition) is 4. The van der Waals surface area contributed by atoms with E-state index in [0.29, 0.717) is 16.5 Å². The van der Waals surface area contributed by atoms with Crippen molar-refractivity contribution in [3.8, 4) is 0 Å². The van der Waals surface area contributed by atoms with Crippen LogP contribution in [0.5, 0.6) is 0 Å². The highest BCUT2D eigenvalue weighted by Gasteiger charge is 2.21. The summed E-state index contributed by atoms with van der Waals surface area (Å²) in [5, 5.41) is 2.81. The Hall–Kier alpha value is -2.44. The van der Waals surface area contributed by atoms with E-state index in [4.69, 9.17) is 0 Å². The van der Waals surface area contributed by atoms with E-state index in [9.17, 15) is 13.2 Å². The predicted octanol–water partition coefficient (Wildman–Crippen LogP) is 5.27. The van der Waals surface area contributed by atoms with Gasteiger partial charge in [0.05, 0.1) is 9.77 Å². The Morgan fingerprint density at radius 2 is 1.56 bits per heavy atom. The van der Waals surface area contributed by atoms with Gasteiger partial charge < -0.3 is 5.32 Å².